The molecular formula is C10H15NO2. The highest BCUT2D eigenvalue weighted by Gasteiger charge is 2.31. The minimum atomic E-state index is -0.640. The van der Waals surface area contributed by atoms with E-state index < -0.39 is 12.2 Å². The molecule has 0 spiro atoms. The molecular weight excluding hydrogens is 166 g/mol. The molecule has 2 N–H and O–H groups in total. The summed E-state index contributed by atoms with van der Waals surface area (Å²) in [5, 5.41) is 19.2. The lowest BCUT2D eigenvalue weighted by atomic mass is 9.98. The fraction of sp³-hybridized carbons (Fsp3) is 0.600. The Hall–Kier alpha value is -0.800. The van der Waals surface area contributed by atoms with Crippen molar-refractivity contribution in [1.29, 1.82) is 0 Å². The van der Waals surface area contributed by atoms with Gasteiger partial charge < -0.3 is 14.8 Å². The number of fused-ring (bicyclic) bond motifs is 1. The van der Waals surface area contributed by atoms with Crippen molar-refractivity contribution in [3.63, 3.8) is 0 Å². The largest absolute Gasteiger partial charge is 0.390 e. The molecule has 72 valence electrons. The average Bonchev–Trinajstić information content (AvgIpc) is 2.43. The van der Waals surface area contributed by atoms with Gasteiger partial charge in [-0.3, -0.25) is 0 Å². The van der Waals surface area contributed by atoms with Crippen LogP contribution in [0.3, 0.4) is 0 Å². The van der Waals surface area contributed by atoms with Crippen molar-refractivity contribution in [2.24, 2.45) is 0 Å². The van der Waals surface area contributed by atoms with Crippen molar-refractivity contribution in [3.8, 4) is 0 Å². The summed E-state index contributed by atoms with van der Waals surface area (Å²) in [7, 11) is 0. The molecule has 0 amide bonds. The molecule has 0 saturated carbocycles. The first kappa shape index (κ1) is 8.78. The zero-order chi connectivity index (χ0) is 9.59. The molecule has 0 unspecified atom stereocenters. The lowest BCUT2D eigenvalue weighted by Crippen LogP contribution is -2.40. The zero-order valence-electron chi connectivity index (χ0n) is 7.94. The van der Waals surface area contributed by atoms with E-state index in [1.807, 2.05) is 26.0 Å². The molecule has 0 saturated heterocycles. The van der Waals surface area contributed by atoms with Crippen molar-refractivity contribution >= 4 is 0 Å². The van der Waals surface area contributed by atoms with Crippen LogP contribution in [0.15, 0.2) is 12.1 Å². The van der Waals surface area contributed by atoms with Gasteiger partial charge in [-0.2, -0.15) is 0 Å². The van der Waals surface area contributed by atoms with Gasteiger partial charge >= 0.3 is 0 Å². The van der Waals surface area contributed by atoms with E-state index in [1.54, 1.807) is 0 Å². The van der Waals surface area contributed by atoms with Crippen LogP contribution in [-0.2, 0) is 6.42 Å². The van der Waals surface area contributed by atoms with Gasteiger partial charge in [0.25, 0.3) is 0 Å². The van der Waals surface area contributed by atoms with Crippen LogP contribution >= 0.6 is 0 Å². The number of aromatic nitrogens is 1. The molecule has 0 radical (unpaired) electrons. The van der Waals surface area contributed by atoms with E-state index in [2.05, 4.69) is 4.57 Å². The van der Waals surface area contributed by atoms with Crippen LogP contribution in [0.5, 0.6) is 0 Å². The third-order valence-electron chi connectivity index (χ3n) is 2.92. The van der Waals surface area contributed by atoms with Crippen LogP contribution in [0.2, 0.25) is 0 Å². The van der Waals surface area contributed by atoms with Gasteiger partial charge in [0.1, 0.15) is 6.10 Å². The summed E-state index contributed by atoms with van der Waals surface area (Å²) < 4.78 is 2.09. The predicted octanol–water partition coefficient (Wildman–Crippen LogP) is 0.635. The van der Waals surface area contributed by atoms with Crippen LogP contribution in [0.1, 0.15) is 24.4 Å². The number of hydrogen-bond donors (Lipinski definition) is 2. The van der Waals surface area contributed by atoms with E-state index in [0.29, 0.717) is 6.42 Å². The maximum Gasteiger partial charge on any atom is 0.101 e. The normalized spacial score (nSPS) is 33.1. The molecule has 3 heteroatoms. The first-order chi connectivity index (χ1) is 6.11. The quantitative estimate of drug-likeness (QED) is 0.617. The fourth-order valence-electron chi connectivity index (χ4n) is 2.16. The summed E-state index contributed by atoms with van der Waals surface area (Å²) in [5.41, 5.74) is 2.26. The van der Waals surface area contributed by atoms with Crippen molar-refractivity contribution in [1.82, 2.24) is 4.57 Å². The summed E-state index contributed by atoms with van der Waals surface area (Å²) in [4.78, 5) is 0. The highest BCUT2D eigenvalue weighted by atomic mass is 16.3. The number of hydrogen-bond acceptors (Lipinski definition) is 2. The summed E-state index contributed by atoms with van der Waals surface area (Å²) in [5.74, 6) is 0. The zero-order valence-corrected chi connectivity index (χ0v) is 7.94. The molecule has 1 aromatic rings. The Kier molecular flexibility index (Phi) is 1.93. The lowest BCUT2D eigenvalue weighted by Gasteiger charge is -2.33. The Morgan fingerprint density at radius 3 is 2.77 bits per heavy atom. The first-order valence-electron chi connectivity index (χ1n) is 4.64. The van der Waals surface area contributed by atoms with Crippen LogP contribution in [0, 0.1) is 6.92 Å². The summed E-state index contributed by atoms with van der Waals surface area (Å²) in [6.45, 7) is 3.95. The van der Waals surface area contributed by atoms with E-state index in [-0.39, 0.29) is 6.04 Å². The Morgan fingerprint density at radius 2 is 2.08 bits per heavy atom. The van der Waals surface area contributed by atoms with Crippen molar-refractivity contribution in [2.45, 2.75) is 38.5 Å². The second-order valence-corrected chi connectivity index (χ2v) is 3.84. The van der Waals surface area contributed by atoms with Gasteiger partial charge in [-0.1, -0.05) is 0 Å². The second kappa shape index (κ2) is 2.86. The van der Waals surface area contributed by atoms with Crippen LogP contribution < -0.4 is 0 Å². The van der Waals surface area contributed by atoms with Gasteiger partial charge in [-0.05, 0) is 26.0 Å². The SMILES string of the molecule is Cc1ccc2n1[C@H](C)[C@@H](O)[C@H](O)C2. The molecule has 1 aromatic heterocycles. The summed E-state index contributed by atoms with van der Waals surface area (Å²) in [6.07, 6.45) is -0.699. The molecule has 0 aromatic carbocycles. The van der Waals surface area contributed by atoms with Gasteiger partial charge in [0.15, 0.2) is 0 Å². The molecule has 1 aliphatic heterocycles. The summed E-state index contributed by atoms with van der Waals surface area (Å²) >= 11 is 0. The van der Waals surface area contributed by atoms with Crippen molar-refractivity contribution in [3.05, 3.63) is 23.5 Å². The minimum Gasteiger partial charge on any atom is -0.390 e. The molecule has 0 bridgehead atoms. The van der Waals surface area contributed by atoms with Gasteiger partial charge in [0, 0.05) is 17.8 Å². The lowest BCUT2D eigenvalue weighted by molar-refractivity contribution is -0.0226. The van der Waals surface area contributed by atoms with Gasteiger partial charge in [-0.25, -0.2) is 0 Å². The van der Waals surface area contributed by atoms with Gasteiger partial charge in [0.2, 0.25) is 0 Å². The Labute approximate surface area is 77.6 Å². The van der Waals surface area contributed by atoms with E-state index in [9.17, 15) is 10.2 Å². The topological polar surface area (TPSA) is 45.4 Å². The van der Waals surface area contributed by atoms with Crippen LogP contribution in [0.25, 0.3) is 0 Å². The van der Waals surface area contributed by atoms with Crippen molar-refractivity contribution in [2.75, 3.05) is 0 Å². The standard InChI is InChI=1S/C10H15NO2/c1-6-3-4-8-5-9(12)10(13)7(2)11(6)8/h3-4,7,9-10,12-13H,5H2,1-2H3/t7-,9-,10-/m1/s1. The van der Waals surface area contributed by atoms with Crippen molar-refractivity contribution < 1.29 is 10.2 Å². The molecule has 3 atom stereocenters. The average molecular weight is 181 g/mol. The Bertz CT molecular complexity index is 319. The predicted molar refractivity (Wildman–Crippen MR) is 49.6 cm³/mol. The highest BCUT2D eigenvalue weighted by molar-refractivity contribution is 5.20. The Balaban J connectivity index is 2.45. The van der Waals surface area contributed by atoms with Crippen LogP contribution in [-0.4, -0.2) is 27.0 Å². The molecule has 3 nitrogen and oxygen atoms in total. The summed E-state index contributed by atoms with van der Waals surface area (Å²) in [6, 6.07) is 4.02. The number of aliphatic hydroxyl groups is 2. The first-order valence-corrected chi connectivity index (χ1v) is 4.64. The monoisotopic (exact) mass is 181 g/mol. The molecule has 2 heterocycles. The smallest absolute Gasteiger partial charge is 0.101 e. The molecule has 1 aliphatic rings. The number of aryl methyl sites for hydroxylation is 1. The van der Waals surface area contributed by atoms with E-state index >= 15 is 0 Å². The third-order valence-corrected chi connectivity index (χ3v) is 2.92. The number of rotatable bonds is 0. The van der Waals surface area contributed by atoms with E-state index in [1.165, 1.54) is 0 Å². The number of nitrogens with zero attached hydrogens (tertiary/aromatic N) is 1. The fourth-order valence-corrected chi connectivity index (χ4v) is 2.16. The van der Waals surface area contributed by atoms with E-state index in [0.717, 1.165) is 11.4 Å². The Morgan fingerprint density at radius 1 is 1.38 bits per heavy atom. The number of aliphatic hydroxyl groups excluding tert-OH is 2. The maximum atomic E-state index is 9.66. The van der Waals surface area contributed by atoms with Gasteiger partial charge in [0.05, 0.1) is 12.1 Å². The third kappa shape index (κ3) is 1.19. The minimum absolute atomic E-state index is 0.0197. The molecule has 0 fully saturated rings. The van der Waals surface area contributed by atoms with E-state index in [4.69, 9.17) is 0 Å². The molecule has 13 heavy (non-hydrogen) atoms. The second-order valence-electron chi connectivity index (χ2n) is 3.84. The maximum absolute atomic E-state index is 9.66. The highest BCUT2D eigenvalue weighted by Crippen LogP contribution is 2.27. The van der Waals surface area contributed by atoms with Crippen LogP contribution in [0.4, 0.5) is 0 Å². The van der Waals surface area contributed by atoms with Gasteiger partial charge in [-0.15, -0.1) is 0 Å². The molecule has 0 aliphatic carbocycles. The molecule has 2 rings (SSSR count).